The van der Waals surface area contributed by atoms with Crippen LogP contribution in [0, 0.1) is 0 Å². The Labute approximate surface area is 146 Å². The van der Waals surface area contributed by atoms with Crippen LogP contribution < -0.4 is 5.32 Å². The molecular formula is C18H11ClN2O2S. The Hall–Kier alpha value is -2.63. The number of carbonyl (C=O) groups excluding carboxylic acids is 1. The molecular weight excluding hydrogens is 344 g/mol. The second-order valence-corrected chi connectivity index (χ2v) is 6.58. The van der Waals surface area contributed by atoms with Crippen molar-refractivity contribution in [3.05, 3.63) is 71.4 Å². The molecule has 0 radical (unpaired) electrons. The Morgan fingerprint density at radius 3 is 2.79 bits per heavy atom. The number of benzene rings is 2. The molecule has 6 heteroatoms. The van der Waals surface area contributed by atoms with Gasteiger partial charge in [0.15, 0.2) is 10.9 Å². The molecule has 0 bridgehead atoms. The number of amides is 1. The number of thiazole rings is 1. The Kier molecular flexibility index (Phi) is 3.80. The molecule has 0 aliphatic rings. The van der Waals surface area contributed by atoms with Crippen molar-refractivity contribution in [3.63, 3.8) is 0 Å². The summed E-state index contributed by atoms with van der Waals surface area (Å²) < 4.78 is 6.66. The van der Waals surface area contributed by atoms with Crippen molar-refractivity contribution in [1.29, 1.82) is 0 Å². The fraction of sp³-hybridized carbons (Fsp3) is 0. The predicted molar refractivity (Wildman–Crippen MR) is 96.7 cm³/mol. The number of rotatable bonds is 3. The number of fused-ring (bicyclic) bond motifs is 1. The zero-order valence-corrected chi connectivity index (χ0v) is 13.9. The lowest BCUT2D eigenvalue weighted by molar-refractivity contribution is 0.0997. The zero-order valence-electron chi connectivity index (χ0n) is 12.3. The van der Waals surface area contributed by atoms with Crippen LogP contribution in [-0.4, -0.2) is 10.9 Å². The highest BCUT2D eigenvalue weighted by Gasteiger charge is 2.14. The molecule has 118 valence electrons. The van der Waals surface area contributed by atoms with E-state index in [0.717, 1.165) is 15.8 Å². The summed E-state index contributed by atoms with van der Waals surface area (Å²) in [5.74, 6) is 0.485. The van der Waals surface area contributed by atoms with Crippen LogP contribution in [0.4, 0.5) is 5.13 Å². The van der Waals surface area contributed by atoms with Crippen molar-refractivity contribution in [1.82, 2.24) is 4.98 Å². The summed E-state index contributed by atoms with van der Waals surface area (Å²) in [6, 6.07) is 18.4. The summed E-state index contributed by atoms with van der Waals surface area (Å²) >= 11 is 7.41. The van der Waals surface area contributed by atoms with Crippen LogP contribution in [0.2, 0.25) is 5.02 Å². The molecule has 4 aromatic rings. The Balaban J connectivity index is 1.56. The summed E-state index contributed by atoms with van der Waals surface area (Å²) in [4.78, 5) is 16.7. The van der Waals surface area contributed by atoms with E-state index in [-0.39, 0.29) is 11.7 Å². The molecule has 0 fully saturated rings. The number of halogens is 1. The SMILES string of the molecule is O=C(Nc1nc2ccccc2s1)c1ccc(-c2cccc(Cl)c2)o1. The third-order valence-electron chi connectivity index (χ3n) is 3.45. The minimum Gasteiger partial charge on any atom is -0.451 e. The first-order valence-electron chi connectivity index (χ1n) is 7.22. The van der Waals surface area contributed by atoms with Crippen molar-refractivity contribution < 1.29 is 9.21 Å². The summed E-state index contributed by atoms with van der Waals surface area (Å²) in [7, 11) is 0. The van der Waals surface area contributed by atoms with E-state index in [9.17, 15) is 4.79 Å². The van der Waals surface area contributed by atoms with Crippen LogP contribution in [-0.2, 0) is 0 Å². The van der Waals surface area contributed by atoms with Crippen molar-refractivity contribution in [2.75, 3.05) is 5.32 Å². The number of hydrogen-bond acceptors (Lipinski definition) is 4. The van der Waals surface area contributed by atoms with E-state index in [1.807, 2.05) is 36.4 Å². The summed E-state index contributed by atoms with van der Waals surface area (Å²) in [6.07, 6.45) is 0. The number of furan rings is 1. The Bertz CT molecular complexity index is 1010. The van der Waals surface area contributed by atoms with E-state index in [4.69, 9.17) is 16.0 Å². The maximum atomic E-state index is 12.3. The molecule has 0 spiro atoms. The first-order valence-corrected chi connectivity index (χ1v) is 8.41. The van der Waals surface area contributed by atoms with E-state index < -0.39 is 0 Å². The molecule has 0 saturated carbocycles. The molecule has 0 aliphatic heterocycles. The average Bonchev–Trinajstić information content (AvgIpc) is 3.21. The molecule has 0 unspecified atom stereocenters. The quantitative estimate of drug-likeness (QED) is 0.531. The summed E-state index contributed by atoms with van der Waals surface area (Å²) in [5.41, 5.74) is 1.68. The van der Waals surface area contributed by atoms with Crippen LogP contribution in [0.15, 0.2) is 65.1 Å². The maximum Gasteiger partial charge on any atom is 0.293 e. The van der Waals surface area contributed by atoms with Crippen LogP contribution >= 0.6 is 22.9 Å². The molecule has 1 amide bonds. The van der Waals surface area contributed by atoms with Crippen molar-refractivity contribution in [2.45, 2.75) is 0 Å². The molecule has 2 aromatic heterocycles. The first kappa shape index (κ1) is 14.9. The fourth-order valence-corrected chi connectivity index (χ4v) is 3.39. The van der Waals surface area contributed by atoms with E-state index in [1.54, 1.807) is 24.3 Å². The lowest BCUT2D eigenvalue weighted by atomic mass is 10.2. The van der Waals surface area contributed by atoms with Crippen LogP contribution in [0.5, 0.6) is 0 Å². The fourth-order valence-electron chi connectivity index (χ4n) is 2.34. The lowest BCUT2D eigenvalue weighted by Crippen LogP contribution is -2.10. The summed E-state index contributed by atoms with van der Waals surface area (Å²) in [6.45, 7) is 0. The van der Waals surface area contributed by atoms with Gasteiger partial charge in [-0.2, -0.15) is 0 Å². The van der Waals surface area contributed by atoms with Gasteiger partial charge < -0.3 is 4.42 Å². The van der Waals surface area contributed by atoms with Gasteiger partial charge in [-0.1, -0.05) is 47.2 Å². The van der Waals surface area contributed by atoms with Gasteiger partial charge in [-0.05, 0) is 36.4 Å². The number of nitrogens with zero attached hydrogens (tertiary/aromatic N) is 1. The highest BCUT2D eigenvalue weighted by molar-refractivity contribution is 7.22. The predicted octanol–water partition coefficient (Wildman–Crippen LogP) is 5.46. The number of para-hydroxylation sites is 1. The molecule has 2 heterocycles. The monoisotopic (exact) mass is 354 g/mol. The molecule has 0 atom stereocenters. The third-order valence-corrected chi connectivity index (χ3v) is 4.64. The van der Waals surface area contributed by atoms with Crippen LogP contribution in [0.1, 0.15) is 10.6 Å². The van der Waals surface area contributed by atoms with Gasteiger partial charge in [0.2, 0.25) is 0 Å². The molecule has 4 rings (SSSR count). The number of aromatic nitrogens is 1. The van der Waals surface area contributed by atoms with Crippen LogP contribution in [0.25, 0.3) is 21.5 Å². The third kappa shape index (κ3) is 2.91. The second-order valence-electron chi connectivity index (χ2n) is 5.12. The van der Waals surface area contributed by atoms with E-state index in [2.05, 4.69) is 10.3 Å². The van der Waals surface area contributed by atoms with Crippen molar-refractivity contribution >= 4 is 44.2 Å². The molecule has 4 nitrogen and oxygen atoms in total. The number of anilines is 1. The maximum absolute atomic E-state index is 12.3. The van der Waals surface area contributed by atoms with Gasteiger partial charge in [0.25, 0.3) is 5.91 Å². The van der Waals surface area contributed by atoms with Crippen molar-refractivity contribution in [2.24, 2.45) is 0 Å². The Morgan fingerprint density at radius 1 is 1.08 bits per heavy atom. The van der Waals surface area contributed by atoms with Gasteiger partial charge in [-0.3, -0.25) is 10.1 Å². The zero-order chi connectivity index (χ0) is 16.5. The lowest BCUT2D eigenvalue weighted by Gasteiger charge is -1.99. The van der Waals surface area contributed by atoms with Gasteiger partial charge >= 0.3 is 0 Å². The van der Waals surface area contributed by atoms with Crippen molar-refractivity contribution in [3.8, 4) is 11.3 Å². The first-order chi connectivity index (χ1) is 11.7. The Morgan fingerprint density at radius 2 is 1.96 bits per heavy atom. The molecule has 0 aliphatic carbocycles. The molecule has 2 aromatic carbocycles. The summed E-state index contributed by atoms with van der Waals surface area (Å²) in [5, 5.41) is 3.93. The number of carbonyl (C=O) groups is 1. The van der Waals surface area contributed by atoms with E-state index in [0.29, 0.717) is 15.9 Å². The largest absolute Gasteiger partial charge is 0.451 e. The normalized spacial score (nSPS) is 10.9. The van der Waals surface area contributed by atoms with Gasteiger partial charge in [-0.15, -0.1) is 0 Å². The van der Waals surface area contributed by atoms with E-state index in [1.165, 1.54) is 11.3 Å². The second kappa shape index (κ2) is 6.11. The standard InChI is InChI=1S/C18H11ClN2O2S/c19-12-5-3-4-11(10-12)14-8-9-15(23-14)17(22)21-18-20-13-6-1-2-7-16(13)24-18/h1-10H,(H,20,21,22). The van der Waals surface area contributed by atoms with Gasteiger partial charge in [0.05, 0.1) is 10.2 Å². The van der Waals surface area contributed by atoms with E-state index >= 15 is 0 Å². The highest BCUT2D eigenvalue weighted by Crippen LogP contribution is 2.27. The highest BCUT2D eigenvalue weighted by atomic mass is 35.5. The van der Waals surface area contributed by atoms with Gasteiger partial charge in [0.1, 0.15) is 5.76 Å². The average molecular weight is 355 g/mol. The number of hydrogen-bond donors (Lipinski definition) is 1. The molecule has 24 heavy (non-hydrogen) atoms. The number of nitrogens with one attached hydrogen (secondary N) is 1. The van der Waals surface area contributed by atoms with Gasteiger partial charge in [0, 0.05) is 10.6 Å². The van der Waals surface area contributed by atoms with Gasteiger partial charge in [-0.25, -0.2) is 4.98 Å². The topological polar surface area (TPSA) is 55.1 Å². The molecule has 1 N–H and O–H groups in total. The smallest absolute Gasteiger partial charge is 0.293 e. The minimum absolute atomic E-state index is 0.226. The molecule has 0 saturated heterocycles. The minimum atomic E-state index is -0.331. The van der Waals surface area contributed by atoms with Crippen LogP contribution in [0.3, 0.4) is 0 Å².